The molecule has 1 heterocycles. The number of nitrogens with zero attached hydrogens (tertiary/aromatic N) is 1. The topological polar surface area (TPSA) is 33.1 Å². The van der Waals surface area contributed by atoms with E-state index in [9.17, 15) is 0 Å². The van der Waals surface area contributed by atoms with Gasteiger partial charge in [-0.3, -0.25) is 0 Å². The molecular formula is C13H15NOS2. The maximum Gasteiger partial charge on any atom is 0.123 e. The molecule has 0 bridgehead atoms. The lowest BCUT2D eigenvalue weighted by atomic mass is 10.2. The lowest BCUT2D eigenvalue weighted by Crippen LogP contribution is -1.88. The first-order chi connectivity index (χ1) is 8.29. The molecule has 0 amide bonds. The van der Waals surface area contributed by atoms with Gasteiger partial charge in [-0.05, 0) is 6.92 Å². The fraction of sp³-hybridized carbons (Fsp3) is 0.308. The van der Waals surface area contributed by atoms with E-state index in [2.05, 4.69) is 41.6 Å². The fourth-order valence-corrected chi connectivity index (χ4v) is 3.01. The van der Waals surface area contributed by atoms with Crippen molar-refractivity contribution in [1.29, 1.82) is 0 Å². The zero-order valence-electron chi connectivity index (χ0n) is 9.72. The van der Waals surface area contributed by atoms with Crippen LogP contribution in [-0.4, -0.2) is 22.5 Å². The molecule has 0 aliphatic rings. The van der Waals surface area contributed by atoms with Crippen LogP contribution >= 0.6 is 23.1 Å². The van der Waals surface area contributed by atoms with Crippen molar-refractivity contribution in [3.8, 4) is 10.6 Å². The Labute approximate surface area is 110 Å². The molecule has 2 aromatic rings. The normalized spacial score (nSPS) is 10.7. The average Bonchev–Trinajstić information content (AvgIpc) is 2.79. The second-order valence-electron chi connectivity index (χ2n) is 3.79. The third-order valence-corrected chi connectivity index (χ3v) is 4.25. The Kier molecular flexibility index (Phi) is 4.59. The zero-order valence-corrected chi connectivity index (χ0v) is 11.4. The predicted octanol–water partition coefficient (Wildman–Crippen LogP) is 3.34. The molecule has 0 atom stereocenters. The van der Waals surface area contributed by atoms with Gasteiger partial charge in [-0.2, -0.15) is 11.8 Å². The van der Waals surface area contributed by atoms with E-state index in [1.54, 1.807) is 23.1 Å². The van der Waals surface area contributed by atoms with Crippen molar-refractivity contribution in [1.82, 2.24) is 4.98 Å². The lowest BCUT2D eigenvalue weighted by molar-refractivity contribution is 0.322. The summed E-state index contributed by atoms with van der Waals surface area (Å²) >= 11 is 3.39. The number of aliphatic hydroxyl groups is 1. The molecule has 2 nitrogen and oxygen atoms in total. The maximum atomic E-state index is 8.71. The first kappa shape index (κ1) is 12.6. The molecule has 0 aliphatic heterocycles. The minimum Gasteiger partial charge on any atom is -0.396 e. The Morgan fingerprint density at radius 1 is 1.29 bits per heavy atom. The highest BCUT2D eigenvalue weighted by Crippen LogP contribution is 2.25. The third-order valence-electron chi connectivity index (χ3n) is 2.34. The van der Waals surface area contributed by atoms with Crippen LogP contribution in [0.1, 0.15) is 11.3 Å². The first-order valence-electron chi connectivity index (χ1n) is 5.49. The minimum absolute atomic E-state index is 0.236. The van der Waals surface area contributed by atoms with Crippen LogP contribution in [0.5, 0.6) is 0 Å². The molecule has 0 saturated heterocycles. The number of thioether (sulfide) groups is 1. The molecule has 0 radical (unpaired) electrons. The van der Waals surface area contributed by atoms with Crippen molar-refractivity contribution in [3.63, 3.8) is 0 Å². The van der Waals surface area contributed by atoms with Crippen molar-refractivity contribution in [2.75, 3.05) is 12.4 Å². The smallest absolute Gasteiger partial charge is 0.123 e. The van der Waals surface area contributed by atoms with E-state index in [1.165, 1.54) is 11.1 Å². The van der Waals surface area contributed by atoms with Gasteiger partial charge in [0.2, 0.25) is 0 Å². The van der Waals surface area contributed by atoms with Crippen LogP contribution in [0.3, 0.4) is 0 Å². The van der Waals surface area contributed by atoms with Crippen LogP contribution in [-0.2, 0) is 5.75 Å². The van der Waals surface area contributed by atoms with E-state index >= 15 is 0 Å². The van der Waals surface area contributed by atoms with Crippen LogP contribution in [0.2, 0.25) is 0 Å². The van der Waals surface area contributed by atoms with Gasteiger partial charge >= 0.3 is 0 Å². The highest BCUT2D eigenvalue weighted by molar-refractivity contribution is 7.98. The Hall–Kier alpha value is -0.840. The van der Waals surface area contributed by atoms with Crippen molar-refractivity contribution >= 4 is 23.1 Å². The van der Waals surface area contributed by atoms with E-state index in [0.29, 0.717) is 0 Å². The van der Waals surface area contributed by atoms with E-state index in [4.69, 9.17) is 5.11 Å². The van der Waals surface area contributed by atoms with Crippen LogP contribution in [0.4, 0.5) is 0 Å². The Morgan fingerprint density at radius 3 is 2.76 bits per heavy atom. The Bertz CT molecular complexity index is 465. The third kappa shape index (κ3) is 3.56. The second kappa shape index (κ2) is 6.19. The van der Waals surface area contributed by atoms with Crippen molar-refractivity contribution in [2.45, 2.75) is 12.7 Å². The zero-order chi connectivity index (χ0) is 12.1. The SMILES string of the molecule is Cc1ccc(-c2nc(CSCCO)cs2)cc1. The lowest BCUT2D eigenvalue weighted by Gasteiger charge is -1.97. The molecule has 17 heavy (non-hydrogen) atoms. The van der Waals surface area contributed by atoms with E-state index in [1.807, 2.05) is 0 Å². The number of rotatable bonds is 5. The molecule has 0 unspecified atom stereocenters. The molecular weight excluding hydrogens is 250 g/mol. The minimum atomic E-state index is 0.236. The van der Waals surface area contributed by atoms with Gasteiger partial charge in [0.1, 0.15) is 5.01 Å². The summed E-state index contributed by atoms with van der Waals surface area (Å²) in [4.78, 5) is 4.60. The van der Waals surface area contributed by atoms with E-state index in [-0.39, 0.29) is 6.61 Å². The standard InChI is InChI=1S/C13H15NOS2/c1-10-2-4-11(5-3-10)13-14-12(9-17-13)8-16-7-6-15/h2-5,9,15H,6-8H2,1H3. The van der Waals surface area contributed by atoms with Crippen LogP contribution in [0, 0.1) is 6.92 Å². The molecule has 0 spiro atoms. The molecule has 0 saturated carbocycles. The van der Waals surface area contributed by atoms with Gasteiger partial charge in [0.15, 0.2) is 0 Å². The number of aliphatic hydroxyl groups excluding tert-OH is 1. The Morgan fingerprint density at radius 2 is 2.06 bits per heavy atom. The summed E-state index contributed by atoms with van der Waals surface area (Å²) in [6.07, 6.45) is 0. The number of hydrogen-bond acceptors (Lipinski definition) is 4. The molecule has 4 heteroatoms. The highest BCUT2D eigenvalue weighted by Gasteiger charge is 2.04. The van der Waals surface area contributed by atoms with Gasteiger partial charge in [-0.1, -0.05) is 29.8 Å². The predicted molar refractivity (Wildman–Crippen MR) is 75.5 cm³/mol. The number of hydrogen-bond donors (Lipinski definition) is 1. The molecule has 2 rings (SSSR count). The van der Waals surface area contributed by atoms with Crippen molar-refractivity contribution in [2.24, 2.45) is 0 Å². The molecule has 0 fully saturated rings. The number of aromatic nitrogens is 1. The van der Waals surface area contributed by atoms with Crippen LogP contribution < -0.4 is 0 Å². The number of aryl methyl sites for hydroxylation is 1. The molecule has 1 N–H and O–H groups in total. The summed E-state index contributed by atoms with van der Waals surface area (Å²) in [6, 6.07) is 8.44. The van der Waals surface area contributed by atoms with E-state index < -0.39 is 0 Å². The monoisotopic (exact) mass is 265 g/mol. The van der Waals surface area contributed by atoms with Crippen molar-refractivity contribution < 1.29 is 5.11 Å². The largest absolute Gasteiger partial charge is 0.396 e. The van der Waals surface area contributed by atoms with Gasteiger partial charge in [-0.15, -0.1) is 11.3 Å². The van der Waals surface area contributed by atoms with Crippen LogP contribution in [0.25, 0.3) is 10.6 Å². The summed E-state index contributed by atoms with van der Waals surface area (Å²) < 4.78 is 0. The van der Waals surface area contributed by atoms with Gasteiger partial charge in [0, 0.05) is 22.4 Å². The summed E-state index contributed by atoms with van der Waals surface area (Å²) in [5.74, 6) is 1.65. The maximum absolute atomic E-state index is 8.71. The van der Waals surface area contributed by atoms with Gasteiger partial charge in [0.25, 0.3) is 0 Å². The first-order valence-corrected chi connectivity index (χ1v) is 7.53. The fourth-order valence-electron chi connectivity index (χ4n) is 1.44. The summed E-state index contributed by atoms with van der Waals surface area (Å²) in [5, 5.41) is 11.9. The average molecular weight is 265 g/mol. The van der Waals surface area contributed by atoms with Gasteiger partial charge in [0.05, 0.1) is 12.3 Å². The van der Waals surface area contributed by atoms with Crippen molar-refractivity contribution in [3.05, 3.63) is 40.9 Å². The summed E-state index contributed by atoms with van der Waals surface area (Å²) in [5.41, 5.74) is 3.55. The van der Waals surface area contributed by atoms with E-state index in [0.717, 1.165) is 22.2 Å². The van der Waals surface area contributed by atoms with Gasteiger partial charge in [-0.25, -0.2) is 4.98 Å². The molecule has 90 valence electrons. The summed E-state index contributed by atoms with van der Waals surface area (Å²) in [6.45, 7) is 2.32. The van der Waals surface area contributed by atoms with Gasteiger partial charge < -0.3 is 5.11 Å². The molecule has 1 aromatic heterocycles. The molecule has 0 aliphatic carbocycles. The quantitative estimate of drug-likeness (QED) is 0.842. The van der Waals surface area contributed by atoms with Crippen LogP contribution in [0.15, 0.2) is 29.6 Å². The number of benzene rings is 1. The Balaban J connectivity index is 2.04. The number of thiazole rings is 1. The highest BCUT2D eigenvalue weighted by atomic mass is 32.2. The summed E-state index contributed by atoms with van der Waals surface area (Å²) in [7, 11) is 0. The second-order valence-corrected chi connectivity index (χ2v) is 5.75. The molecule has 1 aromatic carbocycles.